The molecule has 82 valence electrons. The topological polar surface area (TPSA) is 63.1 Å². The number of aryl methyl sites for hydroxylation is 1. The molecule has 0 atom stereocenters. The highest BCUT2D eigenvalue weighted by atomic mass is 32.2. The summed E-state index contributed by atoms with van der Waals surface area (Å²) in [5.41, 5.74) is 0.0378. The maximum Gasteiger partial charge on any atom is 0.303 e. The first-order valence-electron chi connectivity index (χ1n) is 4.74. The van der Waals surface area contributed by atoms with E-state index in [1.54, 1.807) is 23.1 Å². The van der Waals surface area contributed by atoms with Crippen LogP contribution in [0.1, 0.15) is 24.3 Å². The Labute approximate surface area is 96.1 Å². The van der Waals surface area contributed by atoms with Gasteiger partial charge in [-0.1, -0.05) is 23.1 Å². The van der Waals surface area contributed by atoms with Gasteiger partial charge in [-0.25, -0.2) is 0 Å². The minimum absolute atomic E-state index is 0.0378. The van der Waals surface area contributed by atoms with Crippen molar-refractivity contribution in [3.8, 4) is 0 Å². The van der Waals surface area contributed by atoms with Gasteiger partial charge in [-0.05, 0) is 25.2 Å². The van der Waals surface area contributed by atoms with E-state index in [0.29, 0.717) is 0 Å². The molecule has 6 heteroatoms. The van der Waals surface area contributed by atoms with Crippen molar-refractivity contribution < 1.29 is 9.90 Å². The van der Waals surface area contributed by atoms with Crippen molar-refractivity contribution in [1.29, 1.82) is 0 Å². The zero-order valence-electron chi connectivity index (χ0n) is 8.39. The van der Waals surface area contributed by atoms with Crippen LogP contribution in [-0.2, 0) is 4.79 Å². The van der Waals surface area contributed by atoms with Gasteiger partial charge in [0.2, 0.25) is 0 Å². The van der Waals surface area contributed by atoms with Crippen LogP contribution in [0.3, 0.4) is 0 Å². The third-order valence-corrected chi connectivity index (χ3v) is 4.81. The molecule has 0 spiro atoms. The fourth-order valence-electron chi connectivity index (χ4n) is 1.42. The van der Waals surface area contributed by atoms with E-state index < -0.39 is 5.97 Å². The second-order valence-electron chi connectivity index (χ2n) is 3.95. The van der Waals surface area contributed by atoms with Crippen LogP contribution in [0.2, 0.25) is 0 Å². The van der Waals surface area contributed by atoms with E-state index in [2.05, 4.69) is 10.2 Å². The minimum atomic E-state index is -0.693. The van der Waals surface area contributed by atoms with Crippen molar-refractivity contribution in [1.82, 2.24) is 10.2 Å². The van der Waals surface area contributed by atoms with Gasteiger partial charge in [0.15, 0.2) is 4.34 Å². The molecule has 0 radical (unpaired) electrons. The summed E-state index contributed by atoms with van der Waals surface area (Å²) in [5, 5.41) is 17.7. The average molecular weight is 244 g/mol. The third kappa shape index (κ3) is 2.92. The van der Waals surface area contributed by atoms with Crippen LogP contribution in [0, 0.1) is 12.3 Å². The Hall–Kier alpha value is -0.620. The number of hydrogen-bond acceptors (Lipinski definition) is 5. The maximum absolute atomic E-state index is 10.6. The van der Waals surface area contributed by atoms with Crippen molar-refractivity contribution in [2.24, 2.45) is 5.41 Å². The highest BCUT2D eigenvalue weighted by Crippen LogP contribution is 2.52. The highest BCUT2D eigenvalue weighted by molar-refractivity contribution is 8.01. The summed E-state index contributed by atoms with van der Waals surface area (Å²) in [6.45, 7) is 1.92. The van der Waals surface area contributed by atoms with Gasteiger partial charge >= 0.3 is 5.97 Å². The van der Waals surface area contributed by atoms with Crippen molar-refractivity contribution >= 4 is 29.1 Å². The Kier molecular flexibility index (Phi) is 2.97. The van der Waals surface area contributed by atoms with Crippen molar-refractivity contribution in [2.45, 2.75) is 30.5 Å². The molecule has 1 aliphatic rings. The smallest absolute Gasteiger partial charge is 0.303 e. The number of hydrogen-bond donors (Lipinski definition) is 1. The molecular formula is C9H12N2O2S2. The monoisotopic (exact) mass is 244 g/mol. The van der Waals surface area contributed by atoms with Crippen LogP contribution < -0.4 is 0 Å². The van der Waals surface area contributed by atoms with Gasteiger partial charge in [-0.2, -0.15) is 0 Å². The summed E-state index contributed by atoms with van der Waals surface area (Å²) in [6.07, 6.45) is 2.35. The molecule has 0 unspecified atom stereocenters. The van der Waals surface area contributed by atoms with Crippen molar-refractivity contribution in [3.63, 3.8) is 0 Å². The lowest BCUT2D eigenvalue weighted by atomic mass is 10.1. The van der Waals surface area contributed by atoms with E-state index in [1.807, 2.05) is 6.92 Å². The summed E-state index contributed by atoms with van der Waals surface area (Å²) >= 11 is 3.20. The van der Waals surface area contributed by atoms with Crippen LogP contribution >= 0.6 is 23.1 Å². The number of carbonyl (C=O) groups is 1. The minimum Gasteiger partial charge on any atom is -0.481 e. The van der Waals surface area contributed by atoms with E-state index >= 15 is 0 Å². The summed E-state index contributed by atoms with van der Waals surface area (Å²) in [7, 11) is 0. The van der Waals surface area contributed by atoms with Crippen molar-refractivity contribution in [3.05, 3.63) is 5.01 Å². The molecule has 0 saturated heterocycles. The van der Waals surface area contributed by atoms with Gasteiger partial charge in [0.1, 0.15) is 5.01 Å². The van der Waals surface area contributed by atoms with E-state index in [0.717, 1.165) is 27.9 Å². The fourth-order valence-corrected chi connectivity index (χ4v) is 3.53. The number of aliphatic carboxylic acids is 1. The zero-order valence-corrected chi connectivity index (χ0v) is 10.0. The molecule has 0 amide bonds. The lowest BCUT2D eigenvalue weighted by molar-refractivity contribution is -0.138. The van der Waals surface area contributed by atoms with Gasteiger partial charge < -0.3 is 5.11 Å². The standard InChI is InChI=1S/C9H12N2O2S2/c1-6-10-11-8(15-6)14-5-9(2-3-9)4-7(12)13/h2-5H2,1H3,(H,12,13). The Morgan fingerprint density at radius 3 is 2.80 bits per heavy atom. The number of carboxylic acids is 1. The van der Waals surface area contributed by atoms with E-state index in [-0.39, 0.29) is 11.8 Å². The van der Waals surface area contributed by atoms with E-state index in [4.69, 9.17) is 5.11 Å². The molecule has 2 rings (SSSR count). The lowest BCUT2D eigenvalue weighted by Gasteiger charge is -2.09. The molecule has 1 aromatic rings. The van der Waals surface area contributed by atoms with Gasteiger partial charge in [-0.3, -0.25) is 4.79 Å². The number of aromatic nitrogens is 2. The number of thioether (sulfide) groups is 1. The molecule has 1 aromatic heterocycles. The van der Waals surface area contributed by atoms with Gasteiger partial charge in [0.25, 0.3) is 0 Å². The number of nitrogens with zero attached hydrogens (tertiary/aromatic N) is 2. The van der Waals surface area contributed by atoms with E-state index in [9.17, 15) is 4.79 Å². The summed E-state index contributed by atoms with van der Waals surface area (Å²) in [6, 6.07) is 0. The maximum atomic E-state index is 10.6. The molecule has 4 nitrogen and oxygen atoms in total. The predicted octanol–water partition coefficient (Wildman–Crippen LogP) is 2.19. The van der Waals surface area contributed by atoms with Crippen LogP contribution in [0.5, 0.6) is 0 Å². The van der Waals surface area contributed by atoms with Crippen molar-refractivity contribution in [2.75, 3.05) is 5.75 Å². The molecule has 1 fully saturated rings. The summed E-state index contributed by atoms with van der Waals surface area (Å²) in [4.78, 5) is 10.6. The van der Waals surface area contributed by atoms with Gasteiger partial charge in [-0.15, -0.1) is 10.2 Å². The molecule has 1 heterocycles. The first-order valence-corrected chi connectivity index (χ1v) is 6.55. The van der Waals surface area contributed by atoms with E-state index in [1.165, 1.54) is 0 Å². The molecule has 15 heavy (non-hydrogen) atoms. The average Bonchev–Trinajstić information content (AvgIpc) is 2.77. The first-order chi connectivity index (χ1) is 7.10. The highest BCUT2D eigenvalue weighted by Gasteiger charge is 2.44. The second-order valence-corrected chi connectivity index (χ2v) is 6.35. The Bertz CT molecular complexity index is 374. The largest absolute Gasteiger partial charge is 0.481 e. The number of carboxylic acid groups (broad SMARTS) is 1. The first kappa shape index (κ1) is 10.9. The predicted molar refractivity (Wildman–Crippen MR) is 59.3 cm³/mol. The molecule has 1 saturated carbocycles. The lowest BCUT2D eigenvalue weighted by Crippen LogP contribution is -2.10. The van der Waals surface area contributed by atoms with Gasteiger partial charge in [0, 0.05) is 5.75 Å². The molecule has 0 aromatic carbocycles. The molecule has 1 N–H and O–H groups in total. The third-order valence-electron chi connectivity index (χ3n) is 2.49. The molecule has 0 bridgehead atoms. The van der Waals surface area contributed by atoms with Gasteiger partial charge in [0.05, 0.1) is 6.42 Å². The molecular weight excluding hydrogens is 232 g/mol. The normalized spacial score (nSPS) is 17.7. The zero-order chi connectivity index (χ0) is 10.9. The number of rotatable bonds is 5. The fraction of sp³-hybridized carbons (Fsp3) is 0.667. The van der Waals surface area contributed by atoms with Crippen LogP contribution in [0.4, 0.5) is 0 Å². The summed E-state index contributed by atoms with van der Waals surface area (Å²) in [5.74, 6) is 0.162. The molecule has 1 aliphatic carbocycles. The van der Waals surface area contributed by atoms with Crippen LogP contribution in [-0.4, -0.2) is 27.0 Å². The quantitative estimate of drug-likeness (QED) is 0.804. The Morgan fingerprint density at radius 2 is 2.33 bits per heavy atom. The SMILES string of the molecule is Cc1nnc(SCC2(CC(=O)O)CC2)s1. The second kappa shape index (κ2) is 4.09. The Balaban J connectivity index is 1.85. The summed E-state index contributed by atoms with van der Waals surface area (Å²) < 4.78 is 0.948. The van der Waals surface area contributed by atoms with Crippen LogP contribution in [0.15, 0.2) is 4.34 Å². The molecule has 0 aliphatic heterocycles. The van der Waals surface area contributed by atoms with Crippen LogP contribution in [0.25, 0.3) is 0 Å². The Morgan fingerprint density at radius 1 is 1.60 bits per heavy atom.